The second-order valence-corrected chi connectivity index (χ2v) is 7.74. The first-order chi connectivity index (χ1) is 14.3. The Labute approximate surface area is 167 Å². The summed E-state index contributed by atoms with van der Waals surface area (Å²) < 4.78 is 6.66. The second-order valence-electron chi connectivity index (χ2n) is 7.74. The fraction of sp³-hybridized carbons (Fsp3) is 0.0385. The molecule has 3 heterocycles. The molecule has 0 radical (unpaired) electrons. The summed E-state index contributed by atoms with van der Waals surface area (Å²) in [6, 6.07) is 30.5. The molecule has 7 rings (SSSR count). The Balaban J connectivity index is 1.73. The van der Waals surface area contributed by atoms with Gasteiger partial charge in [0.05, 0.1) is 40.3 Å². The number of imidazole rings is 1. The van der Waals surface area contributed by atoms with Crippen LogP contribution in [0.2, 0.25) is 0 Å². The maximum atomic E-state index is 3.49. The van der Waals surface area contributed by atoms with Gasteiger partial charge in [-0.15, -0.1) is 0 Å². The molecule has 0 aliphatic heterocycles. The van der Waals surface area contributed by atoms with Crippen LogP contribution in [-0.4, -0.2) is 8.97 Å². The summed E-state index contributed by atoms with van der Waals surface area (Å²) >= 11 is 0. The van der Waals surface area contributed by atoms with Gasteiger partial charge in [-0.3, -0.25) is 0 Å². The van der Waals surface area contributed by atoms with Crippen LogP contribution in [0.4, 0.5) is 0 Å². The Bertz CT molecular complexity index is 1630. The zero-order valence-electron chi connectivity index (χ0n) is 15.9. The maximum absolute atomic E-state index is 3.49. The zero-order valence-corrected chi connectivity index (χ0v) is 15.9. The smallest absolute Gasteiger partial charge is 0.244 e. The maximum Gasteiger partial charge on any atom is 0.244 e. The number of para-hydroxylation sites is 4. The van der Waals surface area contributed by atoms with Crippen molar-refractivity contribution in [3.8, 4) is 5.69 Å². The van der Waals surface area contributed by atoms with Gasteiger partial charge >= 0.3 is 0 Å². The Kier molecular flexibility index (Phi) is 2.68. The average Bonchev–Trinajstić information content (AvgIpc) is 3.40. The van der Waals surface area contributed by atoms with Crippen LogP contribution < -0.4 is 4.57 Å². The Morgan fingerprint density at radius 1 is 0.655 bits per heavy atom. The lowest BCUT2D eigenvalue weighted by Crippen LogP contribution is -2.26. The van der Waals surface area contributed by atoms with Crippen molar-refractivity contribution in [1.29, 1.82) is 0 Å². The molecular weight excluding hydrogens is 354 g/mol. The minimum atomic E-state index is 1.14. The first kappa shape index (κ1) is 15.1. The number of nitrogens with zero attached hydrogens (tertiary/aromatic N) is 3. The van der Waals surface area contributed by atoms with Gasteiger partial charge in [-0.05, 0) is 24.3 Å². The number of hydrogen-bond acceptors (Lipinski definition) is 0. The van der Waals surface area contributed by atoms with E-state index in [-0.39, 0.29) is 0 Å². The number of rotatable bonds is 1. The molecular formula is C26H17N3. The van der Waals surface area contributed by atoms with Crippen molar-refractivity contribution in [2.24, 2.45) is 7.05 Å². The molecule has 29 heavy (non-hydrogen) atoms. The monoisotopic (exact) mass is 371 g/mol. The summed E-state index contributed by atoms with van der Waals surface area (Å²) in [5, 5.41) is 5.16. The number of aryl methyl sites for hydroxylation is 1. The molecule has 0 saturated carbocycles. The molecule has 0 bridgehead atoms. The molecule has 0 spiro atoms. The van der Waals surface area contributed by atoms with E-state index < -0.39 is 0 Å². The van der Waals surface area contributed by atoms with Crippen LogP contribution in [0.1, 0.15) is 0 Å². The number of hydrogen-bond donors (Lipinski definition) is 0. The van der Waals surface area contributed by atoms with E-state index in [1.807, 2.05) is 0 Å². The third-order valence-corrected chi connectivity index (χ3v) is 6.18. The average molecular weight is 371 g/mol. The van der Waals surface area contributed by atoms with E-state index in [1.165, 1.54) is 43.6 Å². The first-order valence-corrected chi connectivity index (χ1v) is 9.87. The molecule has 3 aromatic heterocycles. The zero-order chi connectivity index (χ0) is 19.1. The van der Waals surface area contributed by atoms with Crippen molar-refractivity contribution in [3.63, 3.8) is 0 Å². The lowest BCUT2D eigenvalue weighted by Gasteiger charge is -2.07. The fourth-order valence-electron chi connectivity index (χ4n) is 4.95. The molecule has 3 heteroatoms. The van der Waals surface area contributed by atoms with Crippen molar-refractivity contribution in [2.45, 2.75) is 0 Å². The van der Waals surface area contributed by atoms with E-state index in [0.717, 1.165) is 11.2 Å². The van der Waals surface area contributed by atoms with Crippen LogP contribution >= 0.6 is 0 Å². The highest BCUT2D eigenvalue weighted by Gasteiger charge is 2.18. The van der Waals surface area contributed by atoms with Crippen LogP contribution in [0.25, 0.3) is 54.8 Å². The standard InChI is InChI=1S/C26H17N3/c1-27-16-28(25-13-7-6-12-24(25)27)17-14-20-18-8-2-4-10-22(18)29-23-11-5-3-9-19(23)21(15-17)26(20)29/h2-15H,1H3. The van der Waals surface area contributed by atoms with Crippen molar-refractivity contribution in [1.82, 2.24) is 8.97 Å². The van der Waals surface area contributed by atoms with Gasteiger partial charge < -0.3 is 13.5 Å². The van der Waals surface area contributed by atoms with Crippen LogP contribution in [0.3, 0.4) is 0 Å². The highest BCUT2D eigenvalue weighted by atomic mass is 15.1. The van der Waals surface area contributed by atoms with Gasteiger partial charge in [-0.1, -0.05) is 60.7 Å². The van der Waals surface area contributed by atoms with Gasteiger partial charge in [0, 0.05) is 21.5 Å². The SMILES string of the molecule is C[n+]1[c-]n(-c2cc3c4ccccc4n4c5ccccc5c(c2)c34)c2ccccc21. The van der Waals surface area contributed by atoms with Crippen molar-refractivity contribution >= 4 is 49.1 Å². The lowest BCUT2D eigenvalue weighted by molar-refractivity contribution is -0.649. The summed E-state index contributed by atoms with van der Waals surface area (Å²) in [7, 11) is 2.05. The van der Waals surface area contributed by atoms with Crippen molar-refractivity contribution in [2.75, 3.05) is 0 Å². The Hall–Kier alpha value is -3.85. The molecule has 0 aliphatic rings. The van der Waals surface area contributed by atoms with Gasteiger partial charge in [0.2, 0.25) is 6.33 Å². The highest BCUT2D eigenvalue weighted by molar-refractivity contribution is 6.23. The summed E-state index contributed by atoms with van der Waals surface area (Å²) in [6.07, 6.45) is 3.49. The summed E-state index contributed by atoms with van der Waals surface area (Å²) in [6.45, 7) is 0. The highest BCUT2D eigenvalue weighted by Crippen LogP contribution is 2.40. The number of benzene rings is 4. The summed E-state index contributed by atoms with van der Waals surface area (Å²) in [5.74, 6) is 0. The number of aromatic nitrogens is 3. The Morgan fingerprint density at radius 2 is 1.21 bits per heavy atom. The van der Waals surface area contributed by atoms with E-state index in [9.17, 15) is 0 Å². The second kappa shape index (κ2) is 5.15. The molecule has 3 nitrogen and oxygen atoms in total. The molecule has 0 amide bonds. The van der Waals surface area contributed by atoms with Crippen LogP contribution in [-0.2, 0) is 7.05 Å². The van der Waals surface area contributed by atoms with Crippen molar-refractivity contribution < 1.29 is 4.57 Å². The largest absolute Gasteiger partial charge is 0.319 e. The quantitative estimate of drug-likeness (QED) is 0.271. The molecule has 0 fully saturated rings. The minimum absolute atomic E-state index is 1.14. The van der Waals surface area contributed by atoms with E-state index in [1.54, 1.807) is 0 Å². The number of fused-ring (bicyclic) bond motifs is 7. The van der Waals surface area contributed by atoms with Crippen LogP contribution in [0, 0.1) is 6.33 Å². The van der Waals surface area contributed by atoms with Crippen LogP contribution in [0.15, 0.2) is 84.9 Å². The van der Waals surface area contributed by atoms with E-state index in [4.69, 9.17) is 0 Å². The molecule has 0 atom stereocenters. The van der Waals surface area contributed by atoms with Gasteiger partial charge in [0.15, 0.2) is 0 Å². The van der Waals surface area contributed by atoms with Crippen LogP contribution in [0.5, 0.6) is 0 Å². The Morgan fingerprint density at radius 3 is 1.86 bits per heavy atom. The lowest BCUT2D eigenvalue weighted by atomic mass is 10.1. The minimum Gasteiger partial charge on any atom is -0.319 e. The summed E-state index contributed by atoms with van der Waals surface area (Å²) in [4.78, 5) is 0. The topological polar surface area (TPSA) is 13.2 Å². The third-order valence-electron chi connectivity index (χ3n) is 6.18. The van der Waals surface area contributed by atoms with Gasteiger partial charge in [0.25, 0.3) is 0 Å². The van der Waals surface area contributed by atoms with Crippen molar-refractivity contribution in [3.05, 3.63) is 91.3 Å². The van der Waals surface area contributed by atoms with E-state index >= 15 is 0 Å². The normalized spacial score (nSPS) is 12.3. The first-order valence-electron chi connectivity index (χ1n) is 9.87. The molecule has 7 aromatic rings. The molecule has 0 N–H and O–H groups in total. The summed E-state index contributed by atoms with van der Waals surface area (Å²) in [5.41, 5.74) is 7.31. The molecule has 0 saturated heterocycles. The molecule has 0 aliphatic carbocycles. The van der Waals surface area contributed by atoms with E-state index in [0.29, 0.717) is 0 Å². The third kappa shape index (κ3) is 1.80. The predicted molar refractivity (Wildman–Crippen MR) is 118 cm³/mol. The molecule has 136 valence electrons. The fourth-order valence-corrected chi connectivity index (χ4v) is 4.95. The predicted octanol–water partition coefficient (Wildman–Crippen LogP) is 5.41. The van der Waals surface area contributed by atoms with Gasteiger partial charge in [0.1, 0.15) is 0 Å². The molecule has 4 aromatic carbocycles. The van der Waals surface area contributed by atoms with Gasteiger partial charge in [-0.25, -0.2) is 0 Å². The molecule has 0 unspecified atom stereocenters. The van der Waals surface area contributed by atoms with E-state index in [2.05, 4.69) is 112 Å². The van der Waals surface area contributed by atoms with Gasteiger partial charge in [-0.2, -0.15) is 0 Å².